The van der Waals surface area contributed by atoms with Crippen LogP contribution in [-0.2, 0) is 4.79 Å². The Morgan fingerprint density at radius 2 is 2.06 bits per heavy atom. The maximum atomic E-state index is 12.2. The normalized spacial score (nSPS) is 32.2. The number of benzene rings is 1. The Balaban J connectivity index is 1.82. The number of amides is 1. The van der Waals surface area contributed by atoms with Crippen molar-refractivity contribution in [3.8, 4) is 0 Å². The second kappa shape index (κ2) is 4.39. The monoisotopic (exact) mass is 245 g/mol. The standard InChI is InChI=1S/C15H19NO2/c17-13-7-4-8-15(9-13)10-14(18)16(11-15)12-5-2-1-3-6-12/h1-3,5-6,13,17H,4,7-11H2. The van der Waals surface area contributed by atoms with Crippen molar-refractivity contribution in [3.63, 3.8) is 0 Å². The van der Waals surface area contributed by atoms with Crippen LogP contribution in [0.3, 0.4) is 0 Å². The first-order chi connectivity index (χ1) is 8.69. The number of aliphatic hydroxyl groups is 1. The second-order valence-electron chi connectivity index (χ2n) is 5.74. The van der Waals surface area contributed by atoms with E-state index in [1.165, 1.54) is 0 Å². The number of anilines is 1. The van der Waals surface area contributed by atoms with Gasteiger partial charge in [-0.2, -0.15) is 0 Å². The van der Waals surface area contributed by atoms with E-state index in [0.717, 1.165) is 37.9 Å². The molecule has 1 saturated heterocycles. The summed E-state index contributed by atoms with van der Waals surface area (Å²) in [6.07, 6.45) is 4.15. The Labute approximate surface area is 107 Å². The predicted molar refractivity (Wildman–Crippen MR) is 70.3 cm³/mol. The van der Waals surface area contributed by atoms with Gasteiger partial charge in [0, 0.05) is 18.7 Å². The average Bonchev–Trinajstić information content (AvgIpc) is 2.67. The molecule has 1 saturated carbocycles. The molecule has 1 spiro atoms. The fourth-order valence-electron chi connectivity index (χ4n) is 3.46. The molecule has 1 aliphatic carbocycles. The van der Waals surface area contributed by atoms with Gasteiger partial charge >= 0.3 is 0 Å². The zero-order valence-corrected chi connectivity index (χ0v) is 10.5. The van der Waals surface area contributed by atoms with Crippen molar-refractivity contribution in [1.29, 1.82) is 0 Å². The molecule has 1 N–H and O–H groups in total. The lowest BCUT2D eigenvalue weighted by atomic mass is 9.72. The van der Waals surface area contributed by atoms with Crippen LogP contribution in [-0.4, -0.2) is 23.7 Å². The molecule has 3 heteroatoms. The first kappa shape index (κ1) is 11.7. The van der Waals surface area contributed by atoms with Crippen LogP contribution in [0.4, 0.5) is 5.69 Å². The van der Waals surface area contributed by atoms with Crippen molar-refractivity contribution in [2.24, 2.45) is 5.41 Å². The fourth-order valence-corrected chi connectivity index (χ4v) is 3.46. The molecule has 1 aromatic carbocycles. The molecule has 2 atom stereocenters. The number of hydrogen-bond acceptors (Lipinski definition) is 2. The van der Waals surface area contributed by atoms with E-state index in [1.54, 1.807) is 0 Å². The molecule has 3 rings (SSSR count). The maximum Gasteiger partial charge on any atom is 0.227 e. The summed E-state index contributed by atoms with van der Waals surface area (Å²) in [7, 11) is 0. The van der Waals surface area contributed by atoms with Crippen LogP contribution in [0, 0.1) is 5.41 Å². The number of carbonyl (C=O) groups is 1. The van der Waals surface area contributed by atoms with E-state index in [0.29, 0.717) is 6.42 Å². The summed E-state index contributed by atoms with van der Waals surface area (Å²) >= 11 is 0. The fraction of sp³-hybridized carbons (Fsp3) is 0.533. The zero-order valence-electron chi connectivity index (χ0n) is 10.5. The van der Waals surface area contributed by atoms with E-state index in [2.05, 4.69) is 0 Å². The van der Waals surface area contributed by atoms with Gasteiger partial charge in [-0.05, 0) is 36.8 Å². The molecule has 1 aliphatic heterocycles. The smallest absolute Gasteiger partial charge is 0.227 e. The highest BCUT2D eigenvalue weighted by atomic mass is 16.3. The van der Waals surface area contributed by atoms with Crippen molar-refractivity contribution in [2.45, 2.75) is 38.2 Å². The molecule has 2 aliphatic rings. The summed E-state index contributed by atoms with van der Waals surface area (Å²) in [5.41, 5.74) is 1.00. The average molecular weight is 245 g/mol. The van der Waals surface area contributed by atoms with Crippen molar-refractivity contribution in [3.05, 3.63) is 30.3 Å². The van der Waals surface area contributed by atoms with Crippen LogP contribution in [0.1, 0.15) is 32.1 Å². The molecule has 3 nitrogen and oxygen atoms in total. The van der Waals surface area contributed by atoms with Crippen molar-refractivity contribution in [2.75, 3.05) is 11.4 Å². The number of carbonyl (C=O) groups excluding carboxylic acids is 1. The quantitative estimate of drug-likeness (QED) is 0.825. The largest absolute Gasteiger partial charge is 0.393 e. The molecule has 96 valence electrons. The number of rotatable bonds is 1. The molecule has 1 heterocycles. The predicted octanol–water partition coefficient (Wildman–Crippen LogP) is 2.34. The zero-order chi connectivity index (χ0) is 12.6. The highest BCUT2D eigenvalue weighted by molar-refractivity contribution is 5.96. The minimum atomic E-state index is -0.220. The summed E-state index contributed by atoms with van der Waals surface area (Å²) in [4.78, 5) is 14.1. The molecule has 0 aromatic heterocycles. The van der Waals surface area contributed by atoms with Gasteiger partial charge in [0.25, 0.3) is 0 Å². The summed E-state index contributed by atoms with van der Waals surface area (Å²) in [6.45, 7) is 0.771. The minimum absolute atomic E-state index is 0.0184. The molecule has 1 amide bonds. The van der Waals surface area contributed by atoms with Crippen LogP contribution < -0.4 is 4.90 Å². The van der Waals surface area contributed by atoms with Gasteiger partial charge in [0.2, 0.25) is 5.91 Å². The Morgan fingerprint density at radius 1 is 1.28 bits per heavy atom. The van der Waals surface area contributed by atoms with Gasteiger partial charge in [0.1, 0.15) is 0 Å². The highest BCUT2D eigenvalue weighted by Gasteiger charge is 2.45. The van der Waals surface area contributed by atoms with E-state index < -0.39 is 0 Å². The third-order valence-corrected chi connectivity index (χ3v) is 4.30. The van der Waals surface area contributed by atoms with Gasteiger partial charge in [-0.1, -0.05) is 24.6 Å². The lowest BCUT2D eigenvalue weighted by Gasteiger charge is -2.35. The van der Waals surface area contributed by atoms with Gasteiger partial charge in [-0.3, -0.25) is 4.79 Å². The highest BCUT2D eigenvalue weighted by Crippen LogP contribution is 2.45. The van der Waals surface area contributed by atoms with E-state index in [1.807, 2.05) is 35.2 Å². The van der Waals surface area contributed by atoms with Gasteiger partial charge < -0.3 is 10.0 Å². The number of nitrogens with zero attached hydrogens (tertiary/aromatic N) is 1. The number of para-hydroxylation sites is 1. The molecule has 0 bridgehead atoms. The Morgan fingerprint density at radius 3 is 2.78 bits per heavy atom. The van der Waals surface area contributed by atoms with Crippen molar-refractivity contribution < 1.29 is 9.90 Å². The van der Waals surface area contributed by atoms with Crippen LogP contribution in [0.2, 0.25) is 0 Å². The summed E-state index contributed by atoms with van der Waals surface area (Å²) in [6, 6.07) is 9.85. The van der Waals surface area contributed by atoms with Gasteiger partial charge in [0.15, 0.2) is 0 Å². The van der Waals surface area contributed by atoms with Gasteiger partial charge in [-0.25, -0.2) is 0 Å². The molecule has 2 fully saturated rings. The number of aliphatic hydroxyl groups excluding tert-OH is 1. The first-order valence-electron chi connectivity index (χ1n) is 6.72. The lowest BCUT2D eigenvalue weighted by Crippen LogP contribution is -2.34. The third kappa shape index (κ3) is 2.03. The lowest BCUT2D eigenvalue weighted by molar-refractivity contribution is -0.118. The van der Waals surface area contributed by atoms with E-state index >= 15 is 0 Å². The molecular weight excluding hydrogens is 226 g/mol. The summed E-state index contributed by atoms with van der Waals surface area (Å²) in [5.74, 6) is 0.204. The van der Waals surface area contributed by atoms with Crippen molar-refractivity contribution in [1.82, 2.24) is 0 Å². The Hall–Kier alpha value is -1.35. The third-order valence-electron chi connectivity index (χ3n) is 4.30. The molecule has 0 radical (unpaired) electrons. The SMILES string of the molecule is O=C1CC2(CCCC(O)C2)CN1c1ccccc1. The van der Waals surface area contributed by atoms with Crippen LogP contribution in [0.15, 0.2) is 30.3 Å². The molecule has 1 aromatic rings. The van der Waals surface area contributed by atoms with E-state index in [-0.39, 0.29) is 17.4 Å². The van der Waals surface area contributed by atoms with Gasteiger partial charge in [0.05, 0.1) is 6.10 Å². The first-order valence-corrected chi connectivity index (χ1v) is 6.72. The molecule has 2 unspecified atom stereocenters. The van der Waals surface area contributed by atoms with E-state index in [4.69, 9.17) is 0 Å². The molecular formula is C15H19NO2. The summed E-state index contributed by atoms with van der Waals surface area (Å²) < 4.78 is 0. The second-order valence-corrected chi connectivity index (χ2v) is 5.74. The minimum Gasteiger partial charge on any atom is -0.393 e. The molecule has 18 heavy (non-hydrogen) atoms. The maximum absolute atomic E-state index is 12.2. The van der Waals surface area contributed by atoms with Crippen LogP contribution in [0.5, 0.6) is 0 Å². The Kier molecular flexibility index (Phi) is 2.86. The summed E-state index contributed by atoms with van der Waals surface area (Å²) in [5, 5.41) is 9.85. The number of hydrogen-bond donors (Lipinski definition) is 1. The topological polar surface area (TPSA) is 40.5 Å². The van der Waals surface area contributed by atoms with E-state index in [9.17, 15) is 9.90 Å². The van der Waals surface area contributed by atoms with Crippen LogP contribution in [0.25, 0.3) is 0 Å². The Bertz CT molecular complexity index is 445. The van der Waals surface area contributed by atoms with Crippen molar-refractivity contribution >= 4 is 11.6 Å². The van der Waals surface area contributed by atoms with Crippen LogP contribution >= 0.6 is 0 Å². The van der Waals surface area contributed by atoms with Gasteiger partial charge in [-0.15, -0.1) is 0 Å².